The van der Waals surface area contributed by atoms with E-state index in [9.17, 15) is 18.0 Å². The smallest absolute Gasteiger partial charge is 0.503 e. The van der Waals surface area contributed by atoms with Gasteiger partial charge in [-0.25, -0.2) is 0 Å². The lowest BCUT2D eigenvalue weighted by atomic mass is 10.3. The van der Waals surface area contributed by atoms with Gasteiger partial charge < -0.3 is 14.8 Å². The Morgan fingerprint density at radius 3 is 2.60 bits per heavy atom. The van der Waals surface area contributed by atoms with Crippen LogP contribution in [0.5, 0.6) is 11.6 Å². The summed E-state index contributed by atoms with van der Waals surface area (Å²) in [6.07, 6.45) is -4.42. The first kappa shape index (κ1) is 10.9. The van der Waals surface area contributed by atoms with E-state index in [0.717, 1.165) is 0 Å². The van der Waals surface area contributed by atoms with Gasteiger partial charge in [-0.05, 0) is 0 Å². The molecule has 0 fully saturated rings. The number of H-pyrrole nitrogens is 1. The Bertz CT molecular complexity index is 472. The number of ether oxygens (including phenoxy) is 1. The van der Waals surface area contributed by atoms with Crippen LogP contribution in [0.2, 0.25) is 0 Å². The molecule has 80 valence electrons. The molecule has 0 amide bonds. The SMILES string of the molecule is N#Cc1c(OC(F)(F)F)[nH]cc(O)c1=O. The van der Waals surface area contributed by atoms with E-state index in [1.807, 2.05) is 4.98 Å². The van der Waals surface area contributed by atoms with E-state index in [4.69, 9.17) is 10.4 Å². The number of nitrogens with zero attached hydrogens (tertiary/aromatic N) is 1. The van der Waals surface area contributed by atoms with Crippen LogP contribution in [-0.2, 0) is 0 Å². The third kappa shape index (κ3) is 2.40. The standard InChI is InChI=1S/C7H3F3N2O3/c8-7(9,10)15-6-3(1-11)5(14)4(13)2-12-6/h2,13H,(H,12,14). The highest BCUT2D eigenvalue weighted by atomic mass is 19.4. The Morgan fingerprint density at radius 1 is 1.53 bits per heavy atom. The van der Waals surface area contributed by atoms with Crippen molar-refractivity contribution in [3.05, 3.63) is 22.0 Å². The lowest BCUT2D eigenvalue weighted by Gasteiger charge is -2.09. The summed E-state index contributed by atoms with van der Waals surface area (Å²) in [6, 6.07) is 1.20. The van der Waals surface area contributed by atoms with Gasteiger partial charge >= 0.3 is 6.36 Å². The fourth-order valence-corrected chi connectivity index (χ4v) is 0.801. The Labute approximate surface area is 80.3 Å². The second-order valence-corrected chi connectivity index (χ2v) is 2.37. The van der Waals surface area contributed by atoms with Gasteiger partial charge in [-0.15, -0.1) is 13.2 Å². The van der Waals surface area contributed by atoms with Gasteiger partial charge in [0.2, 0.25) is 11.3 Å². The first-order chi connectivity index (χ1) is 6.85. The fourth-order valence-electron chi connectivity index (χ4n) is 0.801. The molecular formula is C7H3F3N2O3. The van der Waals surface area contributed by atoms with Gasteiger partial charge in [0.05, 0.1) is 6.20 Å². The predicted molar refractivity (Wildman–Crippen MR) is 40.1 cm³/mol. The minimum atomic E-state index is -5.02. The Hall–Kier alpha value is -2.17. The highest BCUT2D eigenvalue weighted by molar-refractivity contribution is 5.41. The monoisotopic (exact) mass is 220 g/mol. The summed E-state index contributed by atoms with van der Waals surface area (Å²) in [6.45, 7) is 0. The maximum absolute atomic E-state index is 11.8. The third-order valence-electron chi connectivity index (χ3n) is 1.36. The summed E-state index contributed by atoms with van der Waals surface area (Å²) in [5, 5.41) is 17.2. The summed E-state index contributed by atoms with van der Waals surface area (Å²) in [5.41, 5.74) is -2.16. The molecule has 1 aromatic heterocycles. The minimum Gasteiger partial charge on any atom is -0.503 e. The number of aromatic amines is 1. The van der Waals surface area contributed by atoms with Crippen molar-refractivity contribution < 1.29 is 23.0 Å². The number of rotatable bonds is 1. The van der Waals surface area contributed by atoms with E-state index >= 15 is 0 Å². The maximum Gasteiger partial charge on any atom is 0.574 e. The van der Waals surface area contributed by atoms with Crippen molar-refractivity contribution in [1.82, 2.24) is 4.98 Å². The fraction of sp³-hybridized carbons (Fsp3) is 0.143. The van der Waals surface area contributed by atoms with E-state index in [0.29, 0.717) is 6.20 Å². The average Bonchev–Trinajstić information content (AvgIpc) is 2.10. The molecule has 0 spiro atoms. The predicted octanol–water partition coefficient (Wildman–Crippen LogP) is 0.851. The number of alkyl halides is 3. The quantitative estimate of drug-likeness (QED) is 0.734. The van der Waals surface area contributed by atoms with Gasteiger partial charge in [0.1, 0.15) is 6.07 Å². The van der Waals surface area contributed by atoms with Gasteiger partial charge in [0.25, 0.3) is 0 Å². The molecule has 0 aromatic carbocycles. The van der Waals surface area contributed by atoms with Gasteiger partial charge in [-0.3, -0.25) is 4.79 Å². The topological polar surface area (TPSA) is 86.1 Å². The maximum atomic E-state index is 11.8. The Balaban J connectivity index is 3.28. The van der Waals surface area contributed by atoms with E-state index in [1.165, 1.54) is 6.07 Å². The molecule has 1 aromatic rings. The van der Waals surface area contributed by atoms with Crippen molar-refractivity contribution in [2.45, 2.75) is 6.36 Å². The molecular weight excluding hydrogens is 217 g/mol. The second kappa shape index (κ2) is 3.53. The van der Waals surface area contributed by atoms with Crippen molar-refractivity contribution >= 4 is 0 Å². The number of pyridine rings is 1. The summed E-state index contributed by atoms with van der Waals surface area (Å²) in [5.74, 6) is -1.91. The van der Waals surface area contributed by atoms with Gasteiger partial charge in [-0.1, -0.05) is 0 Å². The molecule has 0 unspecified atom stereocenters. The number of hydrogen-bond donors (Lipinski definition) is 2. The van der Waals surface area contributed by atoms with Crippen LogP contribution in [0.15, 0.2) is 11.0 Å². The van der Waals surface area contributed by atoms with Crippen LogP contribution in [0.1, 0.15) is 5.56 Å². The molecule has 0 aliphatic rings. The van der Waals surface area contributed by atoms with Crippen molar-refractivity contribution in [2.24, 2.45) is 0 Å². The van der Waals surface area contributed by atoms with Gasteiger partial charge in [0, 0.05) is 0 Å². The lowest BCUT2D eigenvalue weighted by molar-refractivity contribution is -0.276. The first-order valence-corrected chi connectivity index (χ1v) is 3.45. The van der Waals surface area contributed by atoms with Crippen LogP contribution >= 0.6 is 0 Å². The van der Waals surface area contributed by atoms with Crippen LogP contribution in [0.25, 0.3) is 0 Å². The normalized spacial score (nSPS) is 10.8. The molecule has 1 heterocycles. The summed E-state index contributed by atoms with van der Waals surface area (Å²) >= 11 is 0. The first-order valence-electron chi connectivity index (χ1n) is 3.45. The molecule has 2 N–H and O–H groups in total. The Kier molecular flexibility index (Phi) is 2.57. The van der Waals surface area contributed by atoms with Gasteiger partial charge in [0.15, 0.2) is 11.3 Å². The van der Waals surface area contributed by atoms with Crippen molar-refractivity contribution in [3.8, 4) is 17.7 Å². The van der Waals surface area contributed by atoms with E-state index in [1.54, 1.807) is 0 Å². The third-order valence-corrected chi connectivity index (χ3v) is 1.36. The molecule has 1 rings (SSSR count). The molecule has 0 atom stereocenters. The second-order valence-electron chi connectivity index (χ2n) is 2.37. The molecule has 0 radical (unpaired) electrons. The molecule has 15 heavy (non-hydrogen) atoms. The molecule has 8 heteroatoms. The zero-order valence-electron chi connectivity index (χ0n) is 6.92. The summed E-state index contributed by atoms with van der Waals surface area (Å²) < 4.78 is 38.7. The highest BCUT2D eigenvalue weighted by Crippen LogP contribution is 2.22. The number of nitrogens with one attached hydrogen (secondary N) is 1. The number of aromatic nitrogens is 1. The number of halogens is 3. The van der Waals surface area contributed by atoms with Crippen molar-refractivity contribution in [1.29, 1.82) is 5.26 Å². The van der Waals surface area contributed by atoms with Crippen LogP contribution in [0, 0.1) is 11.3 Å². The molecule has 0 bridgehead atoms. The zero-order chi connectivity index (χ0) is 11.6. The van der Waals surface area contributed by atoms with Crippen molar-refractivity contribution in [3.63, 3.8) is 0 Å². The summed E-state index contributed by atoms with van der Waals surface area (Å²) in [7, 11) is 0. The molecule has 0 aliphatic heterocycles. The molecule has 0 saturated carbocycles. The molecule has 0 saturated heterocycles. The number of hydrogen-bond acceptors (Lipinski definition) is 4. The van der Waals surface area contributed by atoms with E-state index < -0.39 is 29.0 Å². The van der Waals surface area contributed by atoms with Crippen LogP contribution in [0.4, 0.5) is 13.2 Å². The lowest BCUT2D eigenvalue weighted by Crippen LogP contribution is -2.21. The van der Waals surface area contributed by atoms with E-state index in [-0.39, 0.29) is 0 Å². The van der Waals surface area contributed by atoms with Crippen LogP contribution < -0.4 is 10.2 Å². The Morgan fingerprint density at radius 2 is 2.13 bits per heavy atom. The molecule has 5 nitrogen and oxygen atoms in total. The molecule has 0 aliphatic carbocycles. The summed E-state index contributed by atoms with van der Waals surface area (Å²) in [4.78, 5) is 12.8. The highest BCUT2D eigenvalue weighted by Gasteiger charge is 2.33. The zero-order valence-corrected chi connectivity index (χ0v) is 6.92. The van der Waals surface area contributed by atoms with E-state index in [2.05, 4.69) is 4.74 Å². The van der Waals surface area contributed by atoms with Crippen LogP contribution in [0.3, 0.4) is 0 Å². The average molecular weight is 220 g/mol. The number of aromatic hydroxyl groups is 1. The largest absolute Gasteiger partial charge is 0.574 e. The number of nitriles is 1. The minimum absolute atomic E-state index is 0.601. The van der Waals surface area contributed by atoms with Crippen molar-refractivity contribution in [2.75, 3.05) is 0 Å². The van der Waals surface area contributed by atoms with Crippen LogP contribution in [-0.4, -0.2) is 16.5 Å². The van der Waals surface area contributed by atoms with Gasteiger partial charge in [-0.2, -0.15) is 5.26 Å².